The summed E-state index contributed by atoms with van der Waals surface area (Å²) >= 11 is 0. The number of carbonyl (C=O) groups excluding carboxylic acids is 3. The van der Waals surface area contributed by atoms with Gasteiger partial charge in [0.25, 0.3) is 0 Å². The van der Waals surface area contributed by atoms with E-state index >= 15 is 0 Å². The Balaban J connectivity index is 2.43. The van der Waals surface area contributed by atoms with Crippen LogP contribution < -0.4 is 10.6 Å². The molecule has 0 aromatic heterocycles. The lowest BCUT2D eigenvalue weighted by molar-refractivity contribution is -0.141. The van der Waals surface area contributed by atoms with Crippen LogP contribution in [0.2, 0.25) is 0 Å². The molecule has 0 saturated carbocycles. The molecule has 2 aliphatic rings. The van der Waals surface area contributed by atoms with Crippen LogP contribution in [0.15, 0.2) is 12.2 Å². The summed E-state index contributed by atoms with van der Waals surface area (Å²) in [6, 6.07) is -0.739. The second kappa shape index (κ2) is 7.99. The Labute approximate surface area is 148 Å². The fraction of sp³-hybridized carbons (Fsp3) is 0.722. The Morgan fingerprint density at radius 1 is 1.28 bits per heavy atom. The van der Waals surface area contributed by atoms with Crippen LogP contribution in [0.25, 0.3) is 0 Å². The van der Waals surface area contributed by atoms with E-state index in [0.717, 1.165) is 6.42 Å². The number of β-amino-alcohol motifs (C(OH)–C–C–N with tert-alkyl or cyclic N) is 1. The first-order chi connectivity index (χ1) is 11.9. The number of aliphatic hydroxyl groups excluding tert-OH is 1. The third-order valence-corrected chi connectivity index (χ3v) is 5.17. The Morgan fingerprint density at radius 2 is 1.96 bits per heavy atom. The molecule has 1 fully saturated rings. The Hall–Kier alpha value is -1.89. The van der Waals surface area contributed by atoms with Crippen molar-refractivity contribution < 1.29 is 19.5 Å². The van der Waals surface area contributed by atoms with Crippen molar-refractivity contribution >= 4 is 17.7 Å². The van der Waals surface area contributed by atoms with Crippen molar-refractivity contribution in [2.45, 2.75) is 39.3 Å². The molecule has 0 radical (unpaired) electrons. The van der Waals surface area contributed by atoms with Crippen molar-refractivity contribution in [1.29, 1.82) is 0 Å². The molecule has 0 spiro atoms. The molecule has 140 valence electrons. The number of nitrogens with one attached hydrogen (secondary N) is 2. The minimum Gasteiger partial charge on any atom is -0.395 e. The molecule has 5 atom stereocenters. The van der Waals surface area contributed by atoms with Crippen molar-refractivity contribution in [1.82, 2.24) is 15.5 Å². The number of aliphatic hydroxyl groups is 1. The summed E-state index contributed by atoms with van der Waals surface area (Å²) in [6.45, 7) is 5.58. The molecule has 1 saturated heterocycles. The number of carbonyl (C=O) groups is 3. The van der Waals surface area contributed by atoms with E-state index in [1.54, 1.807) is 7.05 Å². The normalized spacial score (nSPS) is 31.2. The maximum absolute atomic E-state index is 13.0. The maximum atomic E-state index is 13.0. The largest absolute Gasteiger partial charge is 0.395 e. The molecule has 2 rings (SSSR count). The molecule has 1 heterocycles. The highest BCUT2D eigenvalue weighted by Gasteiger charge is 2.56. The highest BCUT2D eigenvalue weighted by atomic mass is 16.3. The van der Waals surface area contributed by atoms with Gasteiger partial charge < -0.3 is 20.6 Å². The Bertz CT molecular complexity index is 561. The van der Waals surface area contributed by atoms with Gasteiger partial charge in [0.05, 0.1) is 18.4 Å². The third kappa shape index (κ3) is 3.56. The van der Waals surface area contributed by atoms with Crippen LogP contribution in [0.4, 0.5) is 0 Å². The zero-order valence-electron chi connectivity index (χ0n) is 15.4. The standard InChI is InChI=1S/C18H29N3O4/c1-5-11-6-7-12-14(13(11)16(23)19-4)18(25)21(8-9-22)15(12)17(24)20-10(2)3/h6-7,10-15,22H,5,8-9H2,1-4H3,(H,19,23)(H,20,24)/t11-,12+,13-,14-,15+/m1/s1. The molecule has 1 aliphatic carbocycles. The second-order valence-electron chi connectivity index (χ2n) is 7.06. The minimum atomic E-state index is -0.687. The first-order valence-corrected chi connectivity index (χ1v) is 8.98. The summed E-state index contributed by atoms with van der Waals surface area (Å²) in [4.78, 5) is 39.7. The van der Waals surface area contributed by atoms with Gasteiger partial charge >= 0.3 is 0 Å². The maximum Gasteiger partial charge on any atom is 0.243 e. The predicted molar refractivity (Wildman–Crippen MR) is 93.3 cm³/mol. The Morgan fingerprint density at radius 3 is 2.48 bits per heavy atom. The van der Waals surface area contributed by atoms with E-state index in [1.807, 2.05) is 32.9 Å². The van der Waals surface area contributed by atoms with E-state index in [0.29, 0.717) is 0 Å². The molecule has 1 aliphatic heterocycles. The lowest BCUT2D eigenvalue weighted by Gasteiger charge is -2.33. The summed E-state index contributed by atoms with van der Waals surface area (Å²) in [7, 11) is 1.57. The van der Waals surface area contributed by atoms with Crippen LogP contribution in [0.1, 0.15) is 27.2 Å². The number of likely N-dealkylation sites (tertiary alicyclic amines) is 1. The molecule has 3 N–H and O–H groups in total. The van der Waals surface area contributed by atoms with Crippen LogP contribution in [-0.4, -0.2) is 60.0 Å². The SMILES string of the molecule is CC[C@@H]1C=C[C@H]2[C@@H](C(=O)N(CCO)[C@@H]2C(=O)NC(C)C)[C@@H]1C(=O)NC. The summed E-state index contributed by atoms with van der Waals surface area (Å²) in [5, 5.41) is 14.9. The quantitative estimate of drug-likeness (QED) is 0.582. The summed E-state index contributed by atoms with van der Waals surface area (Å²) < 4.78 is 0. The van der Waals surface area contributed by atoms with Crippen molar-refractivity contribution in [3.8, 4) is 0 Å². The van der Waals surface area contributed by atoms with Crippen LogP contribution in [0.5, 0.6) is 0 Å². The van der Waals surface area contributed by atoms with E-state index in [2.05, 4.69) is 10.6 Å². The number of fused-ring (bicyclic) bond motifs is 1. The lowest BCUT2D eigenvalue weighted by atomic mass is 9.69. The van der Waals surface area contributed by atoms with Gasteiger partial charge in [0.1, 0.15) is 6.04 Å². The van der Waals surface area contributed by atoms with Crippen LogP contribution >= 0.6 is 0 Å². The van der Waals surface area contributed by atoms with Crippen LogP contribution in [0.3, 0.4) is 0 Å². The summed E-state index contributed by atoms with van der Waals surface area (Å²) in [6.07, 6.45) is 4.62. The highest BCUT2D eigenvalue weighted by molar-refractivity contribution is 5.96. The van der Waals surface area contributed by atoms with Gasteiger partial charge in [-0.25, -0.2) is 0 Å². The molecule has 0 unspecified atom stereocenters. The van der Waals surface area contributed by atoms with E-state index < -0.39 is 17.9 Å². The first-order valence-electron chi connectivity index (χ1n) is 8.98. The van der Waals surface area contributed by atoms with Gasteiger partial charge in [-0.05, 0) is 26.2 Å². The van der Waals surface area contributed by atoms with Gasteiger partial charge in [-0.1, -0.05) is 19.1 Å². The van der Waals surface area contributed by atoms with Gasteiger partial charge in [-0.3, -0.25) is 14.4 Å². The van der Waals surface area contributed by atoms with Crippen molar-refractivity contribution in [2.75, 3.05) is 20.2 Å². The van der Waals surface area contributed by atoms with Crippen LogP contribution in [0, 0.1) is 23.7 Å². The molecule has 3 amide bonds. The van der Waals surface area contributed by atoms with Crippen molar-refractivity contribution in [2.24, 2.45) is 23.7 Å². The van der Waals surface area contributed by atoms with Gasteiger partial charge in [-0.2, -0.15) is 0 Å². The number of allylic oxidation sites excluding steroid dienone is 1. The molecule has 25 heavy (non-hydrogen) atoms. The van der Waals surface area contributed by atoms with Crippen molar-refractivity contribution in [3.63, 3.8) is 0 Å². The van der Waals surface area contributed by atoms with E-state index in [4.69, 9.17) is 0 Å². The summed E-state index contributed by atoms with van der Waals surface area (Å²) in [5.74, 6) is -2.08. The minimum absolute atomic E-state index is 0.0342. The molecule has 0 aromatic rings. The molecular weight excluding hydrogens is 322 g/mol. The van der Waals surface area contributed by atoms with Gasteiger partial charge in [0, 0.05) is 25.6 Å². The van der Waals surface area contributed by atoms with E-state index in [-0.39, 0.29) is 48.8 Å². The Kier molecular flexibility index (Phi) is 6.21. The van der Waals surface area contributed by atoms with Gasteiger partial charge in [0.15, 0.2) is 0 Å². The number of rotatable bonds is 6. The summed E-state index contributed by atoms with van der Waals surface area (Å²) in [5.41, 5.74) is 0. The van der Waals surface area contributed by atoms with Crippen LogP contribution in [-0.2, 0) is 14.4 Å². The number of hydrogen-bond donors (Lipinski definition) is 3. The molecule has 0 bridgehead atoms. The monoisotopic (exact) mass is 351 g/mol. The van der Waals surface area contributed by atoms with Gasteiger partial charge in [-0.15, -0.1) is 0 Å². The number of amides is 3. The average molecular weight is 351 g/mol. The molecule has 7 heteroatoms. The number of hydrogen-bond acceptors (Lipinski definition) is 4. The predicted octanol–water partition coefficient (Wildman–Crippen LogP) is -0.0953. The topological polar surface area (TPSA) is 98.7 Å². The highest BCUT2D eigenvalue weighted by Crippen LogP contribution is 2.44. The number of nitrogens with zero attached hydrogens (tertiary/aromatic N) is 1. The van der Waals surface area contributed by atoms with E-state index in [9.17, 15) is 19.5 Å². The average Bonchev–Trinajstić information content (AvgIpc) is 2.85. The fourth-order valence-corrected chi connectivity index (χ4v) is 4.13. The first kappa shape index (κ1) is 19.4. The molecule has 7 nitrogen and oxygen atoms in total. The van der Waals surface area contributed by atoms with Crippen molar-refractivity contribution in [3.05, 3.63) is 12.2 Å². The fourth-order valence-electron chi connectivity index (χ4n) is 4.13. The zero-order valence-corrected chi connectivity index (χ0v) is 15.4. The second-order valence-corrected chi connectivity index (χ2v) is 7.06. The zero-order chi connectivity index (χ0) is 18.7. The molecule has 0 aromatic carbocycles. The molecular formula is C18H29N3O4. The lowest BCUT2D eigenvalue weighted by Crippen LogP contribution is -2.49. The third-order valence-electron chi connectivity index (χ3n) is 5.17. The van der Waals surface area contributed by atoms with E-state index in [1.165, 1.54) is 4.90 Å². The van der Waals surface area contributed by atoms with Gasteiger partial charge in [0.2, 0.25) is 17.7 Å². The smallest absolute Gasteiger partial charge is 0.243 e.